The SMILES string of the molecule is NCc1nc(C(=O)Nc2cc(F)cc(Cl)c2)cs1. The van der Waals surface area contributed by atoms with Gasteiger partial charge in [0.05, 0.1) is 0 Å². The molecule has 2 aromatic rings. The van der Waals surface area contributed by atoms with Crippen molar-refractivity contribution in [3.8, 4) is 0 Å². The molecule has 0 spiro atoms. The lowest BCUT2D eigenvalue weighted by Gasteiger charge is -2.03. The van der Waals surface area contributed by atoms with Crippen LogP contribution in [-0.2, 0) is 6.54 Å². The van der Waals surface area contributed by atoms with Gasteiger partial charge < -0.3 is 11.1 Å². The Kier molecular flexibility index (Phi) is 3.90. The molecule has 1 aromatic carbocycles. The highest BCUT2D eigenvalue weighted by atomic mass is 35.5. The topological polar surface area (TPSA) is 68.0 Å². The van der Waals surface area contributed by atoms with Gasteiger partial charge in [-0.05, 0) is 18.2 Å². The Bertz CT molecular complexity index is 567. The Morgan fingerprint density at radius 3 is 2.89 bits per heavy atom. The number of rotatable bonds is 3. The van der Waals surface area contributed by atoms with Gasteiger partial charge in [0, 0.05) is 22.6 Å². The van der Waals surface area contributed by atoms with E-state index in [9.17, 15) is 9.18 Å². The zero-order chi connectivity index (χ0) is 13.1. The third-order valence-corrected chi connectivity index (χ3v) is 3.17. The molecule has 1 amide bonds. The van der Waals surface area contributed by atoms with Gasteiger partial charge >= 0.3 is 0 Å². The number of benzene rings is 1. The average Bonchev–Trinajstić information content (AvgIpc) is 2.75. The monoisotopic (exact) mass is 285 g/mol. The van der Waals surface area contributed by atoms with Crippen molar-refractivity contribution in [1.29, 1.82) is 0 Å². The fourth-order valence-electron chi connectivity index (χ4n) is 1.33. The number of anilines is 1. The highest BCUT2D eigenvalue weighted by Crippen LogP contribution is 2.19. The minimum Gasteiger partial charge on any atom is -0.325 e. The second kappa shape index (κ2) is 5.43. The molecule has 3 N–H and O–H groups in total. The maximum absolute atomic E-state index is 13.1. The number of aromatic nitrogens is 1. The van der Waals surface area contributed by atoms with Crippen LogP contribution in [0.5, 0.6) is 0 Å². The number of hydrogen-bond acceptors (Lipinski definition) is 4. The number of nitrogens with two attached hydrogens (primary N) is 1. The number of hydrogen-bond donors (Lipinski definition) is 2. The predicted octanol–water partition coefficient (Wildman–Crippen LogP) is 2.65. The summed E-state index contributed by atoms with van der Waals surface area (Å²) in [6.45, 7) is 0.281. The van der Waals surface area contributed by atoms with Crippen molar-refractivity contribution in [3.63, 3.8) is 0 Å². The molecule has 0 unspecified atom stereocenters. The third kappa shape index (κ3) is 3.04. The van der Waals surface area contributed by atoms with E-state index in [1.165, 1.54) is 23.5 Å². The van der Waals surface area contributed by atoms with Crippen molar-refractivity contribution in [1.82, 2.24) is 4.98 Å². The van der Waals surface area contributed by atoms with Crippen molar-refractivity contribution in [3.05, 3.63) is 45.1 Å². The second-order valence-electron chi connectivity index (χ2n) is 3.44. The van der Waals surface area contributed by atoms with Crippen LogP contribution in [0.15, 0.2) is 23.6 Å². The first-order chi connectivity index (χ1) is 8.58. The highest BCUT2D eigenvalue weighted by molar-refractivity contribution is 7.09. The third-order valence-electron chi connectivity index (χ3n) is 2.08. The Hall–Kier alpha value is -1.50. The quantitative estimate of drug-likeness (QED) is 0.911. The first-order valence-electron chi connectivity index (χ1n) is 5.00. The summed E-state index contributed by atoms with van der Waals surface area (Å²) >= 11 is 6.98. The first-order valence-corrected chi connectivity index (χ1v) is 6.26. The van der Waals surface area contributed by atoms with Gasteiger partial charge in [-0.1, -0.05) is 11.6 Å². The number of thiazole rings is 1. The Morgan fingerprint density at radius 1 is 1.50 bits per heavy atom. The molecule has 4 nitrogen and oxygen atoms in total. The molecule has 0 bridgehead atoms. The van der Waals surface area contributed by atoms with Gasteiger partial charge in [-0.2, -0.15) is 0 Å². The molecule has 0 saturated heterocycles. The van der Waals surface area contributed by atoms with Crippen LogP contribution < -0.4 is 11.1 Å². The van der Waals surface area contributed by atoms with Crippen molar-refractivity contribution >= 4 is 34.5 Å². The lowest BCUT2D eigenvalue weighted by Crippen LogP contribution is -2.12. The predicted molar refractivity (Wildman–Crippen MR) is 69.4 cm³/mol. The van der Waals surface area contributed by atoms with E-state index in [2.05, 4.69) is 10.3 Å². The summed E-state index contributed by atoms with van der Waals surface area (Å²) in [5.41, 5.74) is 5.94. The molecule has 0 aliphatic rings. The molecule has 0 saturated carbocycles. The normalized spacial score (nSPS) is 10.4. The van der Waals surface area contributed by atoms with E-state index in [4.69, 9.17) is 17.3 Å². The Morgan fingerprint density at radius 2 is 2.28 bits per heavy atom. The standard InChI is InChI=1S/C11H9ClFN3OS/c12-6-1-7(13)3-8(2-6)15-11(17)9-5-18-10(4-14)16-9/h1-3,5H,4,14H2,(H,15,17). The smallest absolute Gasteiger partial charge is 0.275 e. The van der Waals surface area contributed by atoms with Crippen LogP contribution >= 0.6 is 22.9 Å². The molecular formula is C11H9ClFN3OS. The summed E-state index contributed by atoms with van der Waals surface area (Å²) < 4.78 is 13.1. The molecular weight excluding hydrogens is 277 g/mol. The van der Waals surface area contributed by atoms with Crippen molar-refractivity contribution in [2.75, 3.05) is 5.32 Å². The van der Waals surface area contributed by atoms with E-state index in [0.717, 1.165) is 6.07 Å². The first kappa shape index (κ1) is 12.9. The molecule has 7 heteroatoms. The van der Waals surface area contributed by atoms with E-state index in [1.54, 1.807) is 5.38 Å². The maximum atomic E-state index is 13.1. The van der Waals surface area contributed by atoms with Crippen LogP contribution in [0.1, 0.15) is 15.5 Å². The molecule has 0 fully saturated rings. The van der Waals surface area contributed by atoms with E-state index in [0.29, 0.717) is 5.01 Å². The van der Waals surface area contributed by atoms with Crippen molar-refractivity contribution < 1.29 is 9.18 Å². The van der Waals surface area contributed by atoms with E-state index < -0.39 is 11.7 Å². The van der Waals surface area contributed by atoms with Crippen LogP contribution in [-0.4, -0.2) is 10.9 Å². The average molecular weight is 286 g/mol. The van der Waals surface area contributed by atoms with Crippen LogP contribution in [0.3, 0.4) is 0 Å². The molecule has 94 valence electrons. The van der Waals surface area contributed by atoms with Gasteiger partial charge in [-0.25, -0.2) is 9.37 Å². The highest BCUT2D eigenvalue weighted by Gasteiger charge is 2.11. The molecule has 1 aromatic heterocycles. The van der Waals surface area contributed by atoms with Crippen molar-refractivity contribution in [2.45, 2.75) is 6.54 Å². The lowest BCUT2D eigenvalue weighted by atomic mass is 10.3. The minimum absolute atomic E-state index is 0.214. The largest absolute Gasteiger partial charge is 0.325 e. The molecule has 0 radical (unpaired) electrons. The fraction of sp³-hybridized carbons (Fsp3) is 0.0909. The van der Waals surface area contributed by atoms with Gasteiger partial charge in [-0.15, -0.1) is 11.3 Å². The number of amides is 1. The number of nitrogens with zero attached hydrogens (tertiary/aromatic N) is 1. The summed E-state index contributed by atoms with van der Waals surface area (Å²) in [5.74, 6) is -0.939. The van der Waals surface area contributed by atoms with Crippen LogP contribution in [0.4, 0.5) is 10.1 Å². The van der Waals surface area contributed by atoms with Crippen LogP contribution in [0.25, 0.3) is 0 Å². The minimum atomic E-state index is -0.515. The number of carbonyl (C=O) groups is 1. The Balaban J connectivity index is 2.15. The molecule has 0 aliphatic carbocycles. The molecule has 0 atom stereocenters. The summed E-state index contributed by atoms with van der Waals surface area (Å²) in [4.78, 5) is 15.8. The lowest BCUT2D eigenvalue weighted by molar-refractivity contribution is 0.102. The van der Waals surface area contributed by atoms with Gasteiger partial charge in [0.1, 0.15) is 16.5 Å². The zero-order valence-electron chi connectivity index (χ0n) is 9.11. The zero-order valence-corrected chi connectivity index (χ0v) is 10.7. The molecule has 2 rings (SSSR count). The summed E-state index contributed by atoms with van der Waals surface area (Å²) in [5, 5.41) is 4.99. The maximum Gasteiger partial charge on any atom is 0.275 e. The summed E-state index contributed by atoms with van der Waals surface area (Å²) in [6.07, 6.45) is 0. The van der Waals surface area contributed by atoms with Crippen LogP contribution in [0.2, 0.25) is 5.02 Å². The van der Waals surface area contributed by atoms with E-state index in [-0.39, 0.29) is 22.9 Å². The summed E-state index contributed by atoms with van der Waals surface area (Å²) in [7, 11) is 0. The van der Waals surface area contributed by atoms with Gasteiger partial charge in [0.15, 0.2) is 0 Å². The van der Waals surface area contributed by atoms with Crippen molar-refractivity contribution in [2.24, 2.45) is 5.73 Å². The molecule has 0 aliphatic heterocycles. The van der Waals surface area contributed by atoms with Gasteiger partial charge in [0.25, 0.3) is 5.91 Å². The second-order valence-corrected chi connectivity index (χ2v) is 4.82. The molecule has 18 heavy (non-hydrogen) atoms. The fourth-order valence-corrected chi connectivity index (χ4v) is 2.21. The summed E-state index contributed by atoms with van der Waals surface area (Å²) in [6, 6.07) is 3.80. The number of nitrogens with one attached hydrogen (secondary N) is 1. The van der Waals surface area contributed by atoms with Crippen LogP contribution in [0, 0.1) is 5.82 Å². The van der Waals surface area contributed by atoms with E-state index in [1.807, 2.05) is 0 Å². The van der Waals surface area contributed by atoms with Gasteiger partial charge in [0.2, 0.25) is 0 Å². The van der Waals surface area contributed by atoms with Gasteiger partial charge in [-0.3, -0.25) is 4.79 Å². The van der Waals surface area contributed by atoms with E-state index >= 15 is 0 Å². The number of carbonyl (C=O) groups excluding carboxylic acids is 1. The number of halogens is 2. The molecule has 1 heterocycles. The Labute approximate surface area is 112 Å².